The first-order valence-corrected chi connectivity index (χ1v) is 6.40. The fraction of sp³-hybridized carbons (Fsp3) is 0.0714. The second-order valence-corrected chi connectivity index (χ2v) is 4.98. The molecule has 0 unspecified atom stereocenters. The van der Waals surface area contributed by atoms with Gasteiger partial charge in [-0.25, -0.2) is 4.39 Å². The van der Waals surface area contributed by atoms with Crippen LogP contribution in [0.4, 0.5) is 15.8 Å². The summed E-state index contributed by atoms with van der Waals surface area (Å²) < 4.78 is 13.8. The maximum atomic E-state index is 13.5. The Bertz CT molecular complexity index is 643. The van der Waals surface area contributed by atoms with Crippen LogP contribution < -0.4 is 11.1 Å². The zero-order valence-electron chi connectivity index (χ0n) is 10.2. The summed E-state index contributed by atoms with van der Waals surface area (Å²) in [6, 6.07) is 9.62. The van der Waals surface area contributed by atoms with E-state index in [1.165, 1.54) is 6.07 Å². The lowest BCUT2D eigenvalue weighted by atomic mass is 10.1. The van der Waals surface area contributed by atoms with E-state index in [-0.39, 0.29) is 5.91 Å². The van der Waals surface area contributed by atoms with E-state index in [1.54, 1.807) is 37.3 Å². The number of anilines is 2. The Balaban J connectivity index is 2.30. The van der Waals surface area contributed by atoms with Gasteiger partial charge in [-0.05, 0) is 52.7 Å². The summed E-state index contributed by atoms with van der Waals surface area (Å²) in [5.74, 6) is -0.787. The molecule has 19 heavy (non-hydrogen) atoms. The fourth-order valence-corrected chi connectivity index (χ4v) is 2.13. The molecule has 0 saturated heterocycles. The lowest BCUT2D eigenvalue weighted by Crippen LogP contribution is -2.14. The molecule has 0 aliphatic heterocycles. The number of rotatable bonds is 2. The Hall–Kier alpha value is -1.88. The lowest BCUT2D eigenvalue weighted by molar-refractivity contribution is 0.102. The second-order valence-electron chi connectivity index (χ2n) is 4.12. The van der Waals surface area contributed by atoms with Crippen molar-refractivity contribution in [3.63, 3.8) is 0 Å². The summed E-state index contributed by atoms with van der Waals surface area (Å²) in [5.41, 5.74) is 7.66. The number of aryl methyl sites for hydroxylation is 1. The zero-order chi connectivity index (χ0) is 14.0. The first-order chi connectivity index (χ1) is 8.99. The second kappa shape index (κ2) is 5.40. The number of nitrogens with one attached hydrogen (secondary N) is 1. The third kappa shape index (κ3) is 2.93. The molecule has 3 nitrogen and oxygen atoms in total. The van der Waals surface area contributed by atoms with Crippen LogP contribution in [0.2, 0.25) is 0 Å². The first kappa shape index (κ1) is 13.5. The van der Waals surface area contributed by atoms with Crippen molar-refractivity contribution in [1.29, 1.82) is 0 Å². The Morgan fingerprint density at radius 1 is 1.32 bits per heavy atom. The van der Waals surface area contributed by atoms with Gasteiger partial charge in [0.1, 0.15) is 5.82 Å². The molecule has 0 heterocycles. The van der Waals surface area contributed by atoms with Gasteiger partial charge in [0.15, 0.2) is 0 Å². The summed E-state index contributed by atoms with van der Waals surface area (Å²) in [6.45, 7) is 1.79. The number of hydrogen-bond acceptors (Lipinski definition) is 2. The Morgan fingerprint density at radius 2 is 2.00 bits per heavy atom. The summed E-state index contributed by atoms with van der Waals surface area (Å²) in [5, 5.41) is 2.66. The molecule has 0 aromatic heterocycles. The Morgan fingerprint density at radius 3 is 2.68 bits per heavy atom. The predicted octanol–water partition coefficient (Wildman–Crippen LogP) is 3.73. The van der Waals surface area contributed by atoms with Crippen molar-refractivity contribution >= 4 is 33.2 Å². The SMILES string of the molecule is Cc1cc(Br)c(F)cc1NC(=O)c1ccccc1N. The number of carbonyl (C=O) groups excluding carboxylic acids is 1. The van der Waals surface area contributed by atoms with Crippen LogP contribution in [-0.2, 0) is 0 Å². The molecule has 0 radical (unpaired) electrons. The molecule has 98 valence electrons. The van der Waals surface area contributed by atoms with E-state index in [2.05, 4.69) is 21.2 Å². The quantitative estimate of drug-likeness (QED) is 0.828. The van der Waals surface area contributed by atoms with E-state index in [0.29, 0.717) is 21.4 Å². The predicted molar refractivity (Wildman–Crippen MR) is 77.6 cm³/mol. The molecular weight excluding hydrogens is 311 g/mol. The van der Waals surface area contributed by atoms with Crippen molar-refractivity contribution < 1.29 is 9.18 Å². The van der Waals surface area contributed by atoms with Gasteiger partial charge in [0, 0.05) is 11.4 Å². The molecule has 1 amide bonds. The lowest BCUT2D eigenvalue weighted by Gasteiger charge is -2.10. The molecule has 2 rings (SSSR count). The number of amides is 1. The van der Waals surface area contributed by atoms with Gasteiger partial charge in [-0.1, -0.05) is 12.1 Å². The monoisotopic (exact) mass is 322 g/mol. The van der Waals surface area contributed by atoms with Crippen molar-refractivity contribution in [3.8, 4) is 0 Å². The smallest absolute Gasteiger partial charge is 0.257 e. The Labute approximate surface area is 118 Å². The molecule has 0 aliphatic rings. The van der Waals surface area contributed by atoms with Gasteiger partial charge in [-0.3, -0.25) is 4.79 Å². The number of nitrogens with two attached hydrogens (primary N) is 1. The Kier molecular flexibility index (Phi) is 3.85. The summed E-state index contributed by atoms with van der Waals surface area (Å²) in [7, 11) is 0. The number of hydrogen-bond donors (Lipinski definition) is 2. The molecule has 0 atom stereocenters. The standard InChI is InChI=1S/C14H12BrFN2O/c1-8-6-10(15)11(16)7-13(8)18-14(19)9-4-2-3-5-12(9)17/h2-7H,17H2,1H3,(H,18,19). The molecule has 2 aromatic carbocycles. The van der Waals surface area contributed by atoms with Crippen molar-refractivity contribution in [3.05, 3.63) is 57.8 Å². The summed E-state index contributed by atoms with van der Waals surface area (Å²) in [4.78, 5) is 12.1. The largest absolute Gasteiger partial charge is 0.398 e. The van der Waals surface area contributed by atoms with Crippen molar-refractivity contribution in [1.82, 2.24) is 0 Å². The number of nitrogen functional groups attached to an aromatic ring is 1. The van der Waals surface area contributed by atoms with E-state index in [9.17, 15) is 9.18 Å². The normalized spacial score (nSPS) is 10.3. The number of benzene rings is 2. The molecule has 0 aliphatic carbocycles. The van der Waals surface area contributed by atoms with Gasteiger partial charge in [0.2, 0.25) is 0 Å². The minimum atomic E-state index is -0.429. The van der Waals surface area contributed by atoms with Crippen LogP contribution in [0.15, 0.2) is 40.9 Å². The van der Waals surface area contributed by atoms with Gasteiger partial charge >= 0.3 is 0 Å². The van der Waals surface area contributed by atoms with Gasteiger partial charge in [-0.15, -0.1) is 0 Å². The highest BCUT2D eigenvalue weighted by Gasteiger charge is 2.12. The summed E-state index contributed by atoms with van der Waals surface area (Å²) in [6.07, 6.45) is 0. The third-order valence-corrected chi connectivity index (χ3v) is 3.33. The van der Waals surface area contributed by atoms with Crippen LogP contribution >= 0.6 is 15.9 Å². The van der Waals surface area contributed by atoms with Crippen LogP contribution in [0.1, 0.15) is 15.9 Å². The minimum Gasteiger partial charge on any atom is -0.398 e. The van der Waals surface area contributed by atoms with Gasteiger partial charge in [-0.2, -0.15) is 0 Å². The van der Waals surface area contributed by atoms with Crippen molar-refractivity contribution in [2.24, 2.45) is 0 Å². The highest BCUT2D eigenvalue weighted by Crippen LogP contribution is 2.24. The summed E-state index contributed by atoms with van der Waals surface area (Å²) >= 11 is 3.10. The molecular formula is C14H12BrFN2O. The third-order valence-electron chi connectivity index (χ3n) is 2.72. The van der Waals surface area contributed by atoms with Gasteiger partial charge < -0.3 is 11.1 Å². The van der Waals surface area contributed by atoms with Crippen LogP contribution in [0.5, 0.6) is 0 Å². The van der Waals surface area contributed by atoms with Gasteiger partial charge in [0.25, 0.3) is 5.91 Å². The van der Waals surface area contributed by atoms with Crippen molar-refractivity contribution in [2.75, 3.05) is 11.1 Å². The van der Waals surface area contributed by atoms with Crippen LogP contribution in [0, 0.1) is 12.7 Å². The number of carbonyl (C=O) groups is 1. The fourth-order valence-electron chi connectivity index (χ4n) is 1.67. The number of halogens is 2. The van der Waals surface area contributed by atoms with Gasteiger partial charge in [0.05, 0.1) is 10.0 Å². The zero-order valence-corrected chi connectivity index (χ0v) is 11.8. The van der Waals surface area contributed by atoms with Crippen LogP contribution in [0.25, 0.3) is 0 Å². The topological polar surface area (TPSA) is 55.1 Å². The minimum absolute atomic E-state index is 0.358. The molecule has 0 spiro atoms. The molecule has 3 N–H and O–H groups in total. The van der Waals surface area contributed by atoms with E-state index >= 15 is 0 Å². The molecule has 5 heteroatoms. The molecule has 0 fully saturated rings. The van der Waals surface area contributed by atoms with Crippen LogP contribution in [-0.4, -0.2) is 5.91 Å². The van der Waals surface area contributed by atoms with E-state index in [4.69, 9.17) is 5.73 Å². The molecule has 2 aromatic rings. The van der Waals surface area contributed by atoms with E-state index in [1.807, 2.05) is 0 Å². The van der Waals surface area contributed by atoms with E-state index in [0.717, 1.165) is 5.56 Å². The maximum Gasteiger partial charge on any atom is 0.257 e. The molecule has 0 saturated carbocycles. The first-order valence-electron chi connectivity index (χ1n) is 5.60. The van der Waals surface area contributed by atoms with Crippen LogP contribution in [0.3, 0.4) is 0 Å². The number of para-hydroxylation sites is 1. The average molecular weight is 323 g/mol. The van der Waals surface area contributed by atoms with E-state index < -0.39 is 5.82 Å². The van der Waals surface area contributed by atoms with Crippen molar-refractivity contribution in [2.45, 2.75) is 6.92 Å². The molecule has 0 bridgehead atoms. The maximum absolute atomic E-state index is 13.5. The average Bonchev–Trinajstić information content (AvgIpc) is 2.36. The highest BCUT2D eigenvalue weighted by molar-refractivity contribution is 9.10. The highest BCUT2D eigenvalue weighted by atomic mass is 79.9.